The number of hydrogen-bond acceptors (Lipinski definition) is 9. The first kappa shape index (κ1) is 19.0. The van der Waals surface area contributed by atoms with Crippen molar-refractivity contribution in [3.8, 4) is 23.1 Å². The lowest BCUT2D eigenvalue weighted by Crippen LogP contribution is -2.04. The Labute approximate surface area is 183 Å². The zero-order valence-corrected chi connectivity index (χ0v) is 17.2. The number of anilines is 2. The molecule has 5 rings (SSSR count). The summed E-state index contributed by atoms with van der Waals surface area (Å²) >= 11 is 3.47. The topological polar surface area (TPSA) is 122 Å². The van der Waals surface area contributed by atoms with E-state index < -0.39 is 10.6 Å². The third kappa shape index (κ3) is 3.55. The Kier molecular flexibility index (Phi) is 4.71. The highest BCUT2D eigenvalue weighted by atomic mass is 79.9. The SMILES string of the molecule is O=[N+]([O-])c1c(Nc2ccc3c(c2)OCO3)ncnc1Oc1ccc(Br)c2cccnc12. The third-order valence-corrected chi connectivity index (χ3v) is 5.18. The number of fused-ring (bicyclic) bond motifs is 2. The lowest BCUT2D eigenvalue weighted by Gasteiger charge is -2.11. The van der Waals surface area contributed by atoms with E-state index in [0.29, 0.717) is 28.5 Å². The monoisotopic (exact) mass is 481 g/mol. The summed E-state index contributed by atoms with van der Waals surface area (Å²) in [5.41, 5.74) is 0.662. The molecule has 0 aliphatic carbocycles. The predicted molar refractivity (Wildman–Crippen MR) is 114 cm³/mol. The molecule has 4 aromatic rings. The van der Waals surface area contributed by atoms with Crippen LogP contribution in [0.5, 0.6) is 23.1 Å². The lowest BCUT2D eigenvalue weighted by atomic mass is 10.2. The Morgan fingerprint density at radius 1 is 1.10 bits per heavy atom. The van der Waals surface area contributed by atoms with Crippen LogP contribution < -0.4 is 19.5 Å². The van der Waals surface area contributed by atoms with Crippen molar-refractivity contribution in [2.75, 3.05) is 12.1 Å². The van der Waals surface area contributed by atoms with Crippen molar-refractivity contribution in [2.24, 2.45) is 0 Å². The van der Waals surface area contributed by atoms with Crippen LogP contribution in [-0.4, -0.2) is 26.7 Å². The van der Waals surface area contributed by atoms with Crippen LogP contribution >= 0.6 is 15.9 Å². The van der Waals surface area contributed by atoms with Gasteiger partial charge < -0.3 is 19.5 Å². The van der Waals surface area contributed by atoms with E-state index in [4.69, 9.17) is 14.2 Å². The molecule has 1 aliphatic rings. The number of aromatic nitrogens is 3. The summed E-state index contributed by atoms with van der Waals surface area (Å²) < 4.78 is 17.3. The van der Waals surface area contributed by atoms with Gasteiger partial charge in [-0.1, -0.05) is 22.0 Å². The molecule has 0 saturated heterocycles. The van der Waals surface area contributed by atoms with Crippen molar-refractivity contribution >= 4 is 44.0 Å². The molecule has 0 radical (unpaired) electrons. The molecular weight excluding hydrogens is 470 g/mol. The van der Waals surface area contributed by atoms with Crippen molar-refractivity contribution in [3.63, 3.8) is 0 Å². The van der Waals surface area contributed by atoms with Gasteiger partial charge in [0.1, 0.15) is 11.8 Å². The summed E-state index contributed by atoms with van der Waals surface area (Å²) in [6.07, 6.45) is 2.80. The van der Waals surface area contributed by atoms with Gasteiger partial charge in [0.2, 0.25) is 12.6 Å². The minimum atomic E-state index is -0.598. The minimum Gasteiger partial charge on any atom is -0.454 e. The van der Waals surface area contributed by atoms with E-state index in [9.17, 15) is 10.1 Å². The van der Waals surface area contributed by atoms with Crippen LogP contribution in [0.4, 0.5) is 17.2 Å². The summed E-state index contributed by atoms with van der Waals surface area (Å²) in [6.45, 7) is 0.125. The van der Waals surface area contributed by atoms with E-state index >= 15 is 0 Å². The first-order valence-corrected chi connectivity index (χ1v) is 9.76. The fraction of sp³-hybridized carbons (Fsp3) is 0.0500. The van der Waals surface area contributed by atoms with Crippen LogP contribution in [0.2, 0.25) is 0 Å². The zero-order valence-electron chi connectivity index (χ0n) is 15.6. The van der Waals surface area contributed by atoms with Gasteiger partial charge in [0.15, 0.2) is 17.2 Å². The Morgan fingerprint density at radius 2 is 1.97 bits per heavy atom. The second-order valence-corrected chi connectivity index (χ2v) is 7.23. The van der Waals surface area contributed by atoms with Crippen LogP contribution in [0.25, 0.3) is 10.9 Å². The van der Waals surface area contributed by atoms with Gasteiger partial charge in [-0.2, -0.15) is 4.98 Å². The van der Waals surface area contributed by atoms with Gasteiger partial charge in [0.05, 0.1) is 4.92 Å². The van der Waals surface area contributed by atoms with E-state index in [1.807, 2.05) is 6.07 Å². The maximum atomic E-state index is 11.9. The normalized spacial score (nSPS) is 12.0. The number of nitro groups is 1. The Bertz CT molecular complexity index is 1330. The van der Waals surface area contributed by atoms with Crippen LogP contribution in [0.3, 0.4) is 0 Å². The zero-order chi connectivity index (χ0) is 21.4. The maximum absolute atomic E-state index is 11.9. The second-order valence-electron chi connectivity index (χ2n) is 6.37. The van der Waals surface area contributed by atoms with Gasteiger partial charge in [-0.3, -0.25) is 15.1 Å². The smallest absolute Gasteiger partial charge is 0.373 e. The first-order chi connectivity index (χ1) is 15.1. The van der Waals surface area contributed by atoms with Gasteiger partial charge in [0.25, 0.3) is 0 Å². The Morgan fingerprint density at radius 3 is 2.84 bits per heavy atom. The fourth-order valence-corrected chi connectivity index (χ4v) is 3.55. The molecule has 0 atom stereocenters. The van der Waals surface area contributed by atoms with Crippen LogP contribution in [0.15, 0.2) is 59.5 Å². The number of ether oxygens (including phenoxy) is 3. The molecule has 1 N–H and O–H groups in total. The number of pyridine rings is 1. The lowest BCUT2D eigenvalue weighted by molar-refractivity contribution is -0.385. The summed E-state index contributed by atoms with van der Waals surface area (Å²) in [6, 6.07) is 12.2. The summed E-state index contributed by atoms with van der Waals surface area (Å²) in [7, 11) is 0. The van der Waals surface area contributed by atoms with Crippen molar-refractivity contribution in [2.45, 2.75) is 0 Å². The highest BCUT2D eigenvalue weighted by Crippen LogP contribution is 2.40. The number of nitrogens with one attached hydrogen (secondary N) is 1. The summed E-state index contributed by atoms with van der Waals surface area (Å²) in [5.74, 6) is 1.22. The van der Waals surface area contributed by atoms with Gasteiger partial charge in [-0.15, -0.1) is 0 Å². The Hall–Kier alpha value is -3.99. The van der Waals surface area contributed by atoms with Gasteiger partial charge in [0, 0.05) is 27.8 Å². The fourth-order valence-electron chi connectivity index (χ4n) is 3.10. The molecule has 11 heteroatoms. The molecule has 0 unspecified atom stereocenters. The highest BCUT2D eigenvalue weighted by Gasteiger charge is 2.26. The van der Waals surface area contributed by atoms with Crippen molar-refractivity contribution in [3.05, 3.63) is 69.6 Å². The molecule has 3 heterocycles. The molecule has 0 fully saturated rings. The largest absolute Gasteiger partial charge is 0.454 e. The molecular formula is C20H12BrN5O5. The third-order valence-electron chi connectivity index (χ3n) is 4.49. The standard InChI is InChI=1S/C20H12BrN5O5/c21-13-4-6-15(17-12(13)2-1-7-22-17)31-20-18(26(27)28)19(23-9-24-20)25-11-3-5-14-16(8-11)30-10-29-14/h1-9H,10H2,(H,23,24,25). The predicted octanol–water partition coefficient (Wildman–Crippen LogP) is 4.96. The van der Waals surface area contributed by atoms with E-state index in [-0.39, 0.29) is 18.5 Å². The van der Waals surface area contributed by atoms with Crippen LogP contribution in [0.1, 0.15) is 0 Å². The number of rotatable bonds is 5. The average molecular weight is 482 g/mol. The van der Waals surface area contributed by atoms with Crippen molar-refractivity contribution < 1.29 is 19.1 Å². The van der Waals surface area contributed by atoms with E-state index in [1.165, 1.54) is 6.33 Å². The van der Waals surface area contributed by atoms with Gasteiger partial charge >= 0.3 is 11.6 Å². The van der Waals surface area contributed by atoms with E-state index in [0.717, 1.165) is 9.86 Å². The van der Waals surface area contributed by atoms with Gasteiger partial charge in [-0.25, -0.2) is 4.98 Å². The highest BCUT2D eigenvalue weighted by molar-refractivity contribution is 9.10. The molecule has 1 aliphatic heterocycles. The minimum absolute atomic E-state index is 0.0248. The van der Waals surface area contributed by atoms with Crippen LogP contribution in [-0.2, 0) is 0 Å². The van der Waals surface area contributed by atoms with E-state index in [1.54, 1.807) is 42.6 Å². The molecule has 154 valence electrons. The second kappa shape index (κ2) is 7.69. The molecule has 0 amide bonds. The number of hydrogen-bond donors (Lipinski definition) is 1. The molecule has 2 aromatic heterocycles. The molecule has 2 aromatic carbocycles. The van der Waals surface area contributed by atoms with Crippen molar-refractivity contribution in [1.29, 1.82) is 0 Å². The Balaban J connectivity index is 1.53. The number of nitrogens with zero attached hydrogens (tertiary/aromatic N) is 4. The number of benzene rings is 2. The first-order valence-electron chi connectivity index (χ1n) is 8.97. The average Bonchev–Trinajstić information content (AvgIpc) is 3.24. The summed E-state index contributed by atoms with van der Waals surface area (Å²) in [4.78, 5) is 23.6. The van der Waals surface area contributed by atoms with Crippen molar-refractivity contribution in [1.82, 2.24) is 15.0 Å². The molecule has 0 bridgehead atoms. The molecule has 31 heavy (non-hydrogen) atoms. The maximum Gasteiger partial charge on any atom is 0.373 e. The molecule has 0 saturated carbocycles. The van der Waals surface area contributed by atoms with Crippen LogP contribution in [0, 0.1) is 10.1 Å². The van der Waals surface area contributed by atoms with E-state index in [2.05, 4.69) is 36.2 Å². The molecule has 10 nitrogen and oxygen atoms in total. The summed E-state index contributed by atoms with van der Waals surface area (Å²) in [5, 5.41) is 15.6. The van der Waals surface area contributed by atoms with Gasteiger partial charge in [-0.05, 0) is 30.3 Å². The quantitative estimate of drug-likeness (QED) is 0.311. The molecule has 0 spiro atoms. The number of halogens is 1.